The molecule has 3 rings (SSSR count). The van der Waals surface area contributed by atoms with Crippen molar-refractivity contribution in [1.82, 2.24) is 15.5 Å². The fraction of sp³-hybridized carbons (Fsp3) is 0.909. The first kappa shape index (κ1) is 12.3. The molecule has 7 nitrogen and oxygen atoms in total. The maximum absolute atomic E-state index is 11.7. The first-order valence-corrected chi connectivity index (χ1v) is 6.42. The van der Waals surface area contributed by atoms with Gasteiger partial charge in [-0.2, -0.15) is 0 Å². The van der Waals surface area contributed by atoms with E-state index in [-0.39, 0.29) is 30.8 Å². The van der Waals surface area contributed by atoms with E-state index in [1.165, 1.54) is 0 Å². The van der Waals surface area contributed by atoms with E-state index in [2.05, 4.69) is 15.5 Å². The van der Waals surface area contributed by atoms with Crippen LogP contribution in [0.25, 0.3) is 0 Å². The molecule has 3 aliphatic rings. The summed E-state index contributed by atoms with van der Waals surface area (Å²) in [6.45, 7) is 1.06. The molecule has 3 saturated heterocycles. The third kappa shape index (κ3) is 1.92. The number of aliphatic hydroxyl groups is 2. The first-order chi connectivity index (χ1) is 8.70. The summed E-state index contributed by atoms with van der Waals surface area (Å²) in [6.07, 6.45) is -0.0945. The van der Waals surface area contributed by atoms with Crippen LogP contribution < -0.4 is 10.6 Å². The number of hydrogen-bond donors (Lipinski definition) is 4. The van der Waals surface area contributed by atoms with Crippen molar-refractivity contribution in [1.29, 1.82) is 0 Å². The molecule has 0 aromatic rings. The van der Waals surface area contributed by atoms with Gasteiger partial charge in [-0.15, -0.1) is 0 Å². The maximum Gasteiger partial charge on any atom is 0.227 e. The second-order valence-electron chi connectivity index (χ2n) is 5.11. The summed E-state index contributed by atoms with van der Waals surface area (Å²) in [5.41, 5.74) is 0. The molecule has 1 amide bonds. The second-order valence-corrected chi connectivity index (χ2v) is 5.11. The molecule has 3 aliphatic heterocycles. The average Bonchev–Trinajstić information content (AvgIpc) is 2.93. The van der Waals surface area contributed by atoms with Crippen molar-refractivity contribution in [2.24, 2.45) is 5.92 Å². The number of likely N-dealkylation sites (tertiary alicyclic amines) is 1. The van der Waals surface area contributed by atoms with Gasteiger partial charge in [0.15, 0.2) is 0 Å². The SMILES string of the molecule is O=C1NCNC2C1CCN2[C@@H]1C[C@H](O)[C@@H](CO)O1. The average molecular weight is 257 g/mol. The zero-order valence-electron chi connectivity index (χ0n) is 10.1. The normalized spacial score (nSPS) is 45.0. The lowest BCUT2D eigenvalue weighted by Crippen LogP contribution is -2.59. The van der Waals surface area contributed by atoms with Crippen molar-refractivity contribution in [3.63, 3.8) is 0 Å². The highest BCUT2D eigenvalue weighted by Gasteiger charge is 2.47. The van der Waals surface area contributed by atoms with Gasteiger partial charge in [-0.3, -0.25) is 15.0 Å². The Labute approximate surface area is 105 Å². The molecule has 3 heterocycles. The number of hydrogen-bond acceptors (Lipinski definition) is 6. The molecule has 3 fully saturated rings. The molecular weight excluding hydrogens is 238 g/mol. The minimum atomic E-state index is -0.628. The summed E-state index contributed by atoms with van der Waals surface area (Å²) < 4.78 is 5.65. The smallest absolute Gasteiger partial charge is 0.227 e. The van der Waals surface area contributed by atoms with Crippen molar-refractivity contribution >= 4 is 5.91 Å². The highest BCUT2D eigenvalue weighted by Crippen LogP contribution is 2.32. The molecule has 0 saturated carbocycles. The molecule has 0 spiro atoms. The van der Waals surface area contributed by atoms with Crippen LogP contribution in [0.3, 0.4) is 0 Å². The number of aliphatic hydroxyl groups excluding tert-OH is 2. The van der Waals surface area contributed by atoms with Gasteiger partial charge < -0.3 is 20.3 Å². The van der Waals surface area contributed by atoms with Gasteiger partial charge in [-0.1, -0.05) is 0 Å². The molecule has 0 radical (unpaired) electrons. The highest BCUT2D eigenvalue weighted by molar-refractivity contribution is 5.80. The van der Waals surface area contributed by atoms with Crippen molar-refractivity contribution in [3.05, 3.63) is 0 Å². The Morgan fingerprint density at radius 2 is 2.33 bits per heavy atom. The molecule has 5 atom stereocenters. The van der Waals surface area contributed by atoms with Crippen LogP contribution in [0.15, 0.2) is 0 Å². The minimum absolute atomic E-state index is 0.0200. The van der Waals surface area contributed by atoms with Gasteiger partial charge in [0.05, 0.1) is 31.5 Å². The number of nitrogens with zero attached hydrogens (tertiary/aromatic N) is 1. The third-order valence-electron chi connectivity index (χ3n) is 4.10. The van der Waals surface area contributed by atoms with Gasteiger partial charge in [-0.25, -0.2) is 0 Å². The lowest BCUT2D eigenvalue weighted by molar-refractivity contribution is -0.131. The number of carbonyl (C=O) groups excluding carboxylic acids is 1. The Morgan fingerprint density at radius 1 is 1.50 bits per heavy atom. The van der Waals surface area contributed by atoms with Crippen molar-refractivity contribution in [2.75, 3.05) is 19.8 Å². The quantitative estimate of drug-likeness (QED) is 0.448. The predicted octanol–water partition coefficient (Wildman–Crippen LogP) is -2.22. The zero-order valence-corrected chi connectivity index (χ0v) is 10.1. The van der Waals surface area contributed by atoms with Crippen LogP contribution >= 0.6 is 0 Å². The summed E-state index contributed by atoms with van der Waals surface area (Å²) in [5.74, 6) is 0.0335. The molecule has 0 aliphatic carbocycles. The van der Waals surface area contributed by atoms with Crippen LogP contribution in [0.2, 0.25) is 0 Å². The fourth-order valence-corrected chi connectivity index (χ4v) is 3.13. The van der Waals surface area contributed by atoms with Gasteiger partial charge >= 0.3 is 0 Å². The van der Waals surface area contributed by atoms with Crippen molar-refractivity contribution in [3.8, 4) is 0 Å². The summed E-state index contributed by atoms with van der Waals surface area (Å²) in [7, 11) is 0. The lowest BCUT2D eigenvalue weighted by Gasteiger charge is -2.35. The predicted molar refractivity (Wildman–Crippen MR) is 61.1 cm³/mol. The van der Waals surface area contributed by atoms with E-state index >= 15 is 0 Å². The van der Waals surface area contributed by atoms with E-state index in [0.29, 0.717) is 13.1 Å². The Bertz CT molecular complexity index is 340. The van der Waals surface area contributed by atoms with E-state index in [1.54, 1.807) is 0 Å². The monoisotopic (exact) mass is 257 g/mol. The summed E-state index contributed by atoms with van der Waals surface area (Å²) in [6, 6.07) is 0. The van der Waals surface area contributed by atoms with Crippen LogP contribution in [-0.2, 0) is 9.53 Å². The maximum atomic E-state index is 11.7. The molecular formula is C11H19N3O4. The minimum Gasteiger partial charge on any atom is -0.394 e. The molecule has 18 heavy (non-hydrogen) atoms. The number of ether oxygens (including phenoxy) is 1. The fourth-order valence-electron chi connectivity index (χ4n) is 3.13. The number of amides is 1. The van der Waals surface area contributed by atoms with Crippen molar-refractivity contribution in [2.45, 2.75) is 37.4 Å². The summed E-state index contributed by atoms with van der Waals surface area (Å²) in [5, 5.41) is 24.9. The molecule has 2 unspecified atom stereocenters. The van der Waals surface area contributed by atoms with Gasteiger partial charge in [0.2, 0.25) is 5.91 Å². The second kappa shape index (κ2) is 4.75. The Kier molecular flexibility index (Phi) is 3.25. The highest BCUT2D eigenvalue weighted by atomic mass is 16.5. The standard InChI is InChI=1S/C11H19N3O4/c15-4-8-7(16)3-9(18-8)14-2-1-6-10(14)12-5-13-11(6)17/h6-10,12,15-16H,1-5H2,(H,13,17)/t6?,7-,8+,9-,10?/m0/s1. The zero-order chi connectivity index (χ0) is 12.7. The molecule has 7 heteroatoms. The Balaban J connectivity index is 1.69. The molecule has 0 bridgehead atoms. The van der Waals surface area contributed by atoms with Crippen LogP contribution in [-0.4, -0.2) is 65.4 Å². The van der Waals surface area contributed by atoms with Crippen LogP contribution in [0.5, 0.6) is 0 Å². The van der Waals surface area contributed by atoms with Crippen LogP contribution in [0.1, 0.15) is 12.8 Å². The van der Waals surface area contributed by atoms with Crippen LogP contribution in [0.4, 0.5) is 0 Å². The van der Waals surface area contributed by atoms with Crippen molar-refractivity contribution < 1.29 is 19.7 Å². The van der Waals surface area contributed by atoms with E-state index in [4.69, 9.17) is 9.84 Å². The van der Waals surface area contributed by atoms with Gasteiger partial charge in [-0.05, 0) is 6.42 Å². The molecule has 4 N–H and O–H groups in total. The number of fused-ring (bicyclic) bond motifs is 1. The van der Waals surface area contributed by atoms with Crippen LogP contribution in [0, 0.1) is 5.92 Å². The topological polar surface area (TPSA) is 94.1 Å². The lowest BCUT2D eigenvalue weighted by atomic mass is 10.0. The van der Waals surface area contributed by atoms with E-state index < -0.39 is 12.2 Å². The largest absolute Gasteiger partial charge is 0.394 e. The number of rotatable bonds is 2. The third-order valence-corrected chi connectivity index (χ3v) is 4.10. The van der Waals surface area contributed by atoms with E-state index in [9.17, 15) is 9.90 Å². The Hall–Kier alpha value is -0.730. The summed E-state index contributed by atoms with van der Waals surface area (Å²) in [4.78, 5) is 13.8. The number of nitrogens with one attached hydrogen (secondary N) is 2. The number of carbonyl (C=O) groups is 1. The van der Waals surface area contributed by atoms with Gasteiger partial charge in [0.1, 0.15) is 12.3 Å². The Morgan fingerprint density at radius 3 is 3.06 bits per heavy atom. The molecule has 0 aromatic carbocycles. The van der Waals surface area contributed by atoms with Gasteiger partial charge in [0.25, 0.3) is 0 Å². The van der Waals surface area contributed by atoms with Gasteiger partial charge in [0, 0.05) is 13.0 Å². The molecule has 102 valence electrons. The van der Waals surface area contributed by atoms with E-state index in [0.717, 1.165) is 13.0 Å². The first-order valence-electron chi connectivity index (χ1n) is 6.42. The summed E-state index contributed by atoms with van der Waals surface area (Å²) >= 11 is 0. The van der Waals surface area contributed by atoms with E-state index in [1.807, 2.05) is 0 Å². The molecule has 0 aromatic heterocycles.